The first kappa shape index (κ1) is 12.3. The number of hydrogen-bond donors (Lipinski definition) is 1. The largest absolute Gasteiger partial charge is 0.311 e. The molecule has 3 heteroatoms. The molecule has 14 heavy (non-hydrogen) atoms. The molecular weight excluding hydrogens is 192 g/mol. The maximum atomic E-state index is 3.73. The van der Waals surface area contributed by atoms with Gasteiger partial charge in [0.15, 0.2) is 0 Å². The molecule has 1 heterocycles. The highest BCUT2D eigenvalue weighted by atomic mass is 32.2. The maximum absolute atomic E-state index is 3.73. The number of hydrogen-bond acceptors (Lipinski definition) is 3. The zero-order valence-corrected chi connectivity index (χ0v) is 10.6. The average molecular weight is 216 g/mol. The van der Waals surface area contributed by atoms with E-state index in [4.69, 9.17) is 0 Å². The van der Waals surface area contributed by atoms with Crippen molar-refractivity contribution in [2.24, 2.45) is 0 Å². The number of thioether (sulfide) groups is 1. The molecule has 1 aliphatic heterocycles. The second kappa shape index (κ2) is 6.70. The molecule has 1 fully saturated rings. The molecule has 0 spiro atoms. The van der Waals surface area contributed by atoms with Crippen LogP contribution in [0.15, 0.2) is 0 Å². The summed E-state index contributed by atoms with van der Waals surface area (Å²) in [5.74, 6) is 1.23. The van der Waals surface area contributed by atoms with Crippen molar-refractivity contribution >= 4 is 11.8 Å². The molecule has 2 nitrogen and oxygen atoms in total. The summed E-state index contributed by atoms with van der Waals surface area (Å²) in [6.45, 7) is 4.82. The summed E-state index contributed by atoms with van der Waals surface area (Å²) in [6, 6.07) is 1.42. The summed E-state index contributed by atoms with van der Waals surface area (Å²) in [5.41, 5.74) is 0. The Morgan fingerprint density at radius 3 is 2.93 bits per heavy atom. The zero-order chi connectivity index (χ0) is 10.4. The van der Waals surface area contributed by atoms with E-state index in [1.807, 2.05) is 11.8 Å². The molecule has 0 saturated carbocycles. The normalized spacial score (nSPS) is 27.2. The number of likely N-dealkylation sites (tertiary alicyclic amines) is 1. The van der Waals surface area contributed by atoms with Crippen molar-refractivity contribution in [2.75, 3.05) is 32.1 Å². The minimum absolute atomic E-state index is 0.665. The smallest absolute Gasteiger partial charge is 0.0132 e. The van der Waals surface area contributed by atoms with Gasteiger partial charge in [-0.3, -0.25) is 0 Å². The Hall–Kier alpha value is 0.270. The minimum Gasteiger partial charge on any atom is -0.311 e. The molecule has 0 aromatic rings. The van der Waals surface area contributed by atoms with E-state index in [0.29, 0.717) is 6.04 Å². The van der Waals surface area contributed by atoms with Crippen molar-refractivity contribution in [3.05, 3.63) is 0 Å². The summed E-state index contributed by atoms with van der Waals surface area (Å²) in [5, 5.41) is 3.73. The van der Waals surface area contributed by atoms with Crippen molar-refractivity contribution < 1.29 is 0 Å². The van der Waals surface area contributed by atoms with Gasteiger partial charge in [0.1, 0.15) is 0 Å². The first-order valence-electron chi connectivity index (χ1n) is 5.66. The van der Waals surface area contributed by atoms with E-state index in [1.165, 1.54) is 38.1 Å². The molecule has 1 aliphatic rings. The molecule has 2 atom stereocenters. The lowest BCUT2D eigenvalue weighted by Crippen LogP contribution is -2.38. The van der Waals surface area contributed by atoms with E-state index in [2.05, 4.69) is 30.4 Å². The standard InChI is InChI=1S/C11H24N2S/c1-10(9-14-3)12-11-5-4-7-13(2)8-6-11/h10-12H,4-9H2,1-3H3. The van der Waals surface area contributed by atoms with Gasteiger partial charge in [-0.05, 0) is 52.6 Å². The van der Waals surface area contributed by atoms with Crippen LogP contribution >= 0.6 is 11.8 Å². The predicted molar refractivity (Wildman–Crippen MR) is 66.1 cm³/mol. The van der Waals surface area contributed by atoms with Crippen molar-refractivity contribution in [1.82, 2.24) is 10.2 Å². The first-order chi connectivity index (χ1) is 6.72. The van der Waals surface area contributed by atoms with Gasteiger partial charge < -0.3 is 10.2 Å². The van der Waals surface area contributed by atoms with Crippen LogP contribution in [0.2, 0.25) is 0 Å². The van der Waals surface area contributed by atoms with Crippen LogP contribution in [0.1, 0.15) is 26.2 Å². The molecule has 2 unspecified atom stereocenters. The van der Waals surface area contributed by atoms with Crippen LogP contribution in [0.5, 0.6) is 0 Å². The highest BCUT2D eigenvalue weighted by Gasteiger charge is 2.15. The SMILES string of the molecule is CSCC(C)NC1CCCN(C)CC1. The second-order valence-electron chi connectivity index (χ2n) is 4.45. The van der Waals surface area contributed by atoms with Crippen LogP contribution in [-0.2, 0) is 0 Å². The summed E-state index contributed by atoms with van der Waals surface area (Å²) in [4.78, 5) is 2.45. The highest BCUT2D eigenvalue weighted by molar-refractivity contribution is 7.98. The topological polar surface area (TPSA) is 15.3 Å². The Labute approximate surface area is 92.8 Å². The van der Waals surface area contributed by atoms with E-state index in [0.717, 1.165) is 6.04 Å². The fourth-order valence-corrected chi connectivity index (χ4v) is 2.70. The van der Waals surface area contributed by atoms with Gasteiger partial charge in [-0.15, -0.1) is 0 Å². The lowest BCUT2D eigenvalue weighted by molar-refractivity contribution is 0.341. The Kier molecular flexibility index (Phi) is 5.90. The summed E-state index contributed by atoms with van der Waals surface area (Å²) in [7, 11) is 2.23. The van der Waals surface area contributed by atoms with Crippen molar-refractivity contribution in [2.45, 2.75) is 38.3 Å². The second-order valence-corrected chi connectivity index (χ2v) is 5.36. The lowest BCUT2D eigenvalue weighted by atomic mass is 10.1. The molecule has 1 rings (SSSR count). The van der Waals surface area contributed by atoms with Gasteiger partial charge in [0, 0.05) is 17.8 Å². The van der Waals surface area contributed by atoms with Gasteiger partial charge in [-0.2, -0.15) is 11.8 Å². The summed E-state index contributed by atoms with van der Waals surface area (Å²) < 4.78 is 0. The molecule has 0 bridgehead atoms. The fraction of sp³-hybridized carbons (Fsp3) is 1.00. The van der Waals surface area contributed by atoms with Crippen LogP contribution in [0, 0.1) is 0 Å². The third-order valence-corrected chi connectivity index (χ3v) is 3.72. The Morgan fingerprint density at radius 2 is 2.21 bits per heavy atom. The van der Waals surface area contributed by atoms with Crippen molar-refractivity contribution in [3.63, 3.8) is 0 Å². The Balaban J connectivity index is 2.22. The van der Waals surface area contributed by atoms with E-state index < -0.39 is 0 Å². The van der Waals surface area contributed by atoms with Gasteiger partial charge in [-0.1, -0.05) is 0 Å². The van der Waals surface area contributed by atoms with Gasteiger partial charge in [0.2, 0.25) is 0 Å². The van der Waals surface area contributed by atoms with E-state index in [1.54, 1.807) is 0 Å². The van der Waals surface area contributed by atoms with E-state index in [-0.39, 0.29) is 0 Å². The van der Waals surface area contributed by atoms with Crippen LogP contribution in [0.3, 0.4) is 0 Å². The Bertz CT molecular complexity index is 152. The molecule has 0 amide bonds. The maximum Gasteiger partial charge on any atom is 0.0132 e. The lowest BCUT2D eigenvalue weighted by Gasteiger charge is -2.21. The van der Waals surface area contributed by atoms with Crippen LogP contribution < -0.4 is 5.32 Å². The zero-order valence-electron chi connectivity index (χ0n) is 9.75. The van der Waals surface area contributed by atoms with Gasteiger partial charge in [0.05, 0.1) is 0 Å². The third-order valence-electron chi connectivity index (χ3n) is 2.89. The van der Waals surface area contributed by atoms with Crippen molar-refractivity contribution in [3.8, 4) is 0 Å². The van der Waals surface area contributed by atoms with Crippen LogP contribution in [0.4, 0.5) is 0 Å². The van der Waals surface area contributed by atoms with E-state index >= 15 is 0 Å². The third kappa shape index (κ3) is 4.67. The molecule has 0 aromatic carbocycles. The predicted octanol–water partition coefficient (Wildman–Crippen LogP) is 1.81. The molecule has 84 valence electrons. The number of nitrogens with zero attached hydrogens (tertiary/aromatic N) is 1. The monoisotopic (exact) mass is 216 g/mol. The molecular formula is C11H24N2S. The number of rotatable bonds is 4. The number of nitrogens with one attached hydrogen (secondary N) is 1. The fourth-order valence-electron chi connectivity index (χ4n) is 2.11. The molecule has 0 aliphatic carbocycles. The van der Waals surface area contributed by atoms with Gasteiger partial charge in [0.25, 0.3) is 0 Å². The van der Waals surface area contributed by atoms with Gasteiger partial charge >= 0.3 is 0 Å². The quantitative estimate of drug-likeness (QED) is 0.771. The van der Waals surface area contributed by atoms with Crippen molar-refractivity contribution in [1.29, 1.82) is 0 Å². The van der Waals surface area contributed by atoms with Crippen LogP contribution in [-0.4, -0.2) is 49.1 Å². The molecule has 0 aromatic heterocycles. The van der Waals surface area contributed by atoms with Gasteiger partial charge in [-0.25, -0.2) is 0 Å². The van der Waals surface area contributed by atoms with Crippen LogP contribution in [0.25, 0.3) is 0 Å². The minimum atomic E-state index is 0.665. The summed E-state index contributed by atoms with van der Waals surface area (Å²) >= 11 is 1.93. The molecule has 1 saturated heterocycles. The van der Waals surface area contributed by atoms with E-state index in [9.17, 15) is 0 Å². The molecule has 1 N–H and O–H groups in total. The molecule has 0 radical (unpaired) electrons. The average Bonchev–Trinajstić information content (AvgIpc) is 2.32. The highest BCUT2D eigenvalue weighted by Crippen LogP contribution is 2.11. The summed E-state index contributed by atoms with van der Waals surface area (Å²) in [6.07, 6.45) is 6.19. The first-order valence-corrected chi connectivity index (χ1v) is 7.05. The Morgan fingerprint density at radius 1 is 1.43 bits per heavy atom.